The first-order valence-corrected chi connectivity index (χ1v) is 4.84. The molecular weight excluding hydrogens is 152 g/mol. The van der Waals surface area contributed by atoms with Crippen molar-refractivity contribution in [2.75, 3.05) is 13.2 Å². The zero-order valence-electron chi connectivity index (χ0n) is 8.54. The summed E-state index contributed by atoms with van der Waals surface area (Å²) in [6, 6.07) is 0. The van der Waals surface area contributed by atoms with Gasteiger partial charge in [-0.2, -0.15) is 0 Å². The van der Waals surface area contributed by atoms with Crippen LogP contribution in [0.5, 0.6) is 0 Å². The number of hydrogen-bond acceptors (Lipinski definition) is 2. The third kappa shape index (κ3) is 2.46. The predicted octanol–water partition coefficient (Wildman–Crippen LogP) is 2.29. The first kappa shape index (κ1) is 10.0. The first-order valence-electron chi connectivity index (χ1n) is 4.84. The van der Waals surface area contributed by atoms with Crippen LogP contribution < -0.4 is 0 Å². The van der Waals surface area contributed by atoms with Crippen molar-refractivity contribution in [3.05, 3.63) is 0 Å². The molecule has 2 heteroatoms. The van der Waals surface area contributed by atoms with Gasteiger partial charge >= 0.3 is 0 Å². The van der Waals surface area contributed by atoms with E-state index < -0.39 is 0 Å². The average Bonchev–Trinajstić information content (AvgIpc) is 2.04. The number of ether oxygens (including phenoxy) is 2. The summed E-state index contributed by atoms with van der Waals surface area (Å²) in [6.45, 7) is 10.4. The molecule has 0 aromatic rings. The highest BCUT2D eigenvalue weighted by atomic mass is 16.7. The predicted molar refractivity (Wildman–Crippen MR) is 48.9 cm³/mol. The lowest BCUT2D eigenvalue weighted by atomic mass is 9.97. The highest BCUT2D eigenvalue weighted by molar-refractivity contribution is 4.67. The first-order chi connectivity index (χ1) is 5.61. The normalized spacial score (nSPS) is 31.5. The van der Waals surface area contributed by atoms with Gasteiger partial charge in [0.15, 0.2) is 6.29 Å². The van der Waals surface area contributed by atoms with Crippen molar-refractivity contribution in [2.24, 2.45) is 17.8 Å². The molecule has 0 saturated carbocycles. The fourth-order valence-electron chi connectivity index (χ4n) is 1.30. The fraction of sp³-hybridized carbons (Fsp3) is 1.00. The van der Waals surface area contributed by atoms with Crippen molar-refractivity contribution < 1.29 is 9.47 Å². The van der Waals surface area contributed by atoms with Gasteiger partial charge in [0.25, 0.3) is 0 Å². The number of hydrogen-bond donors (Lipinski definition) is 0. The summed E-state index contributed by atoms with van der Waals surface area (Å²) >= 11 is 0. The Bertz CT molecular complexity index is 108. The van der Waals surface area contributed by atoms with Crippen LogP contribution in [-0.4, -0.2) is 19.5 Å². The molecule has 0 aliphatic carbocycles. The molecule has 0 spiro atoms. The van der Waals surface area contributed by atoms with Crippen LogP contribution in [0.15, 0.2) is 0 Å². The van der Waals surface area contributed by atoms with Crippen LogP contribution in [0.1, 0.15) is 27.7 Å². The molecule has 0 atom stereocenters. The van der Waals surface area contributed by atoms with Crippen LogP contribution in [0.25, 0.3) is 0 Å². The van der Waals surface area contributed by atoms with Crippen molar-refractivity contribution >= 4 is 0 Å². The van der Waals surface area contributed by atoms with E-state index in [0.29, 0.717) is 17.8 Å². The van der Waals surface area contributed by atoms with E-state index in [-0.39, 0.29) is 6.29 Å². The Hall–Kier alpha value is -0.0800. The zero-order chi connectivity index (χ0) is 9.14. The number of rotatable bonds is 2. The van der Waals surface area contributed by atoms with Crippen LogP contribution in [0.3, 0.4) is 0 Å². The second-order valence-corrected chi connectivity index (χ2v) is 4.28. The second kappa shape index (κ2) is 4.24. The van der Waals surface area contributed by atoms with E-state index >= 15 is 0 Å². The summed E-state index contributed by atoms with van der Waals surface area (Å²) in [5, 5.41) is 0. The van der Waals surface area contributed by atoms with Gasteiger partial charge in [-0.15, -0.1) is 0 Å². The smallest absolute Gasteiger partial charge is 0.159 e. The lowest BCUT2D eigenvalue weighted by Gasteiger charge is -2.33. The minimum absolute atomic E-state index is 0.0278. The van der Waals surface area contributed by atoms with Gasteiger partial charge in [0, 0.05) is 11.8 Å². The van der Waals surface area contributed by atoms with Gasteiger partial charge in [-0.3, -0.25) is 0 Å². The summed E-state index contributed by atoms with van der Waals surface area (Å²) in [6.07, 6.45) is 0.0278. The minimum atomic E-state index is 0.0278. The molecule has 0 aromatic carbocycles. The Morgan fingerprint density at radius 2 is 1.42 bits per heavy atom. The maximum atomic E-state index is 5.59. The molecule has 0 amide bonds. The molecule has 1 fully saturated rings. The maximum Gasteiger partial charge on any atom is 0.159 e. The molecule has 0 bridgehead atoms. The third-order valence-electron chi connectivity index (χ3n) is 2.44. The van der Waals surface area contributed by atoms with E-state index in [4.69, 9.17) is 9.47 Å². The zero-order valence-corrected chi connectivity index (χ0v) is 8.54. The second-order valence-electron chi connectivity index (χ2n) is 4.28. The van der Waals surface area contributed by atoms with Gasteiger partial charge in [-0.05, 0) is 5.92 Å². The molecule has 1 rings (SSSR count). The molecule has 0 N–H and O–H groups in total. The third-order valence-corrected chi connectivity index (χ3v) is 2.44. The minimum Gasteiger partial charge on any atom is -0.352 e. The Balaban J connectivity index is 2.30. The Labute approximate surface area is 75.2 Å². The van der Waals surface area contributed by atoms with Gasteiger partial charge in [0.2, 0.25) is 0 Å². The van der Waals surface area contributed by atoms with Crippen molar-refractivity contribution in [3.8, 4) is 0 Å². The molecule has 12 heavy (non-hydrogen) atoms. The van der Waals surface area contributed by atoms with Gasteiger partial charge in [0.1, 0.15) is 0 Å². The van der Waals surface area contributed by atoms with Crippen molar-refractivity contribution in [3.63, 3.8) is 0 Å². The maximum absolute atomic E-state index is 5.59. The van der Waals surface area contributed by atoms with E-state index in [1.54, 1.807) is 0 Å². The molecule has 1 aliphatic heterocycles. The van der Waals surface area contributed by atoms with Gasteiger partial charge < -0.3 is 9.47 Å². The van der Waals surface area contributed by atoms with E-state index in [9.17, 15) is 0 Å². The van der Waals surface area contributed by atoms with E-state index in [1.165, 1.54) is 0 Å². The van der Waals surface area contributed by atoms with E-state index in [2.05, 4.69) is 27.7 Å². The average molecular weight is 172 g/mol. The van der Waals surface area contributed by atoms with Crippen molar-refractivity contribution in [1.29, 1.82) is 0 Å². The van der Waals surface area contributed by atoms with Crippen molar-refractivity contribution in [2.45, 2.75) is 34.0 Å². The van der Waals surface area contributed by atoms with Crippen LogP contribution in [0.4, 0.5) is 0 Å². The Kier molecular flexibility index (Phi) is 3.53. The van der Waals surface area contributed by atoms with E-state index in [0.717, 1.165) is 13.2 Å². The molecule has 1 aliphatic rings. The highest BCUT2D eigenvalue weighted by Crippen LogP contribution is 2.21. The molecule has 0 aromatic heterocycles. The summed E-state index contributed by atoms with van der Waals surface area (Å²) in [5.74, 6) is 1.72. The SMILES string of the molecule is CC(C)[C@H]1CO[C@H](C(C)C)OC1. The monoisotopic (exact) mass is 172 g/mol. The lowest BCUT2D eigenvalue weighted by molar-refractivity contribution is -0.224. The topological polar surface area (TPSA) is 18.5 Å². The molecule has 1 heterocycles. The Morgan fingerprint density at radius 3 is 1.75 bits per heavy atom. The van der Waals surface area contributed by atoms with Crippen LogP contribution in [-0.2, 0) is 9.47 Å². The molecule has 0 unspecified atom stereocenters. The molecular formula is C10H20O2. The largest absolute Gasteiger partial charge is 0.352 e. The molecule has 2 nitrogen and oxygen atoms in total. The van der Waals surface area contributed by atoms with Crippen LogP contribution in [0, 0.1) is 17.8 Å². The fourth-order valence-corrected chi connectivity index (χ4v) is 1.30. The molecule has 72 valence electrons. The summed E-state index contributed by atoms with van der Waals surface area (Å²) < 4.78 is 11.2. The van der Waals surface area contributed by atoms with Gasteiger partial charge in [-0.1, -0.05) is 27.7 Å². The summed E-state index contributed by atoms with van der Waals surface area (Å²) in [7, 11) is 0. The standard InChI is InChI=1S/C10H20O2/c1-7(2)9-5-11-10(8(3)4)12-6-9/h7-10H,5-6H2,1-4H3/t9-,10-. The van der Waals surface area contributed by atoms with Gasteiger partial charge in [0.05, 0.1) is 13.2 Å². The van der Waals surface area contributed by atoms with Crippen LogP contribution in [0.2, 0.25) is 0 Å². The lowest BCUT2D eigenvalue weighted by Crippen LogP contribution is -2.37. The Morgan fingerprint density at radius 1 is 0.917 bits per heavy atom. The molecule has 1 saturated heterocycles. The quantitative estimate of drug-likeness (QED) is 0.636. The van der Waals surface area contributed by atoms with Gasteiger partial charge in [-0.25, -0.2) is 0 Å². The van der Waals surface area contributed by atoms with Crippen molar-refractivity contribution in [1.82, 2.24) is 0 Å². The summed E-state index contributed by atoms with van der Waals surface area (Å²) in [5.41, 5.74) is 0. The highest BCUT2D eigenvalue weighted by Gasteiger charge is 2.25. The van der Waals surface area contributed by atoms with E-state index in [1.807, 2.05) is 0 Å². The summed E-state index contributed by atoms with van der Waals surface area (Å²) in [4.78, 5) is 0. The molecule has 0 radical (unpaired) electrons. The van der Waals surface area contributed by atoms with Crippen LogP contribution >= 0.6 is 0 Å².